The number of furan rings is 1. The zero-order chi connectivity index (χ0) is 29.2. The molecule has 2 aliphatic heterocycles. The number of carbonyl (C=O) groups is 1. The number of ether oxygens (including phenoxy) is 3. The van der Waals surface area contributed by atoms with Gasteiger partial charge in [-0.25, -0.2) is 0 Å². The number of fused-ring (bicyclic) bond motifs is 1. The number of hydrogen-bond acceptors (Lipinski definition) is 8. The molecule has 0 bridgehead atoms. The number of pyridine rings is 1. The SMILES string of the molecule is C=C1CN(C(=O)c2ccc(-c3cc4nccc(-c5ccc(NC6CCOCC6)c(C#N)c5)c4o3)c(OC)c2)C(C)CO1. The van der Waals surface area contributed by atoms with E-state index in [4.69, 9.17) is 18.6 Å². The molecule has 1 amide bonds. The van der Waals surface area contributed by atoms with Crippen LogP contribution in [-0.4, -0.2) is 61.3 Å². The topological polar surface area (TPSA) is 110 Å². The van der Waals surface area contributed by atoms with Gasteiger partial charge in [0.05, 0.1) is 36.5 Å². The lowest BCUT2D eigenvalue weighted by atomic mass is 10.0. The van der Waals surface area contributed by atoms with Crippen molar-refractivity contribution in [1.82, 2.24) is 9.88 Å². The lowest BCUT2D eigenvalue weighted by Crippen LogP contribution is -2.46. The number of amides is 1. The zero-order valence-corrected chi connectivity index (χ0v) is 23.7. The highest BCUT2D eigenvalue weighted by Gasteiger charge is 2.28. The number of benzene rings is 2. The maximum absolute atomic E-state index is 13.3. The summed E-state index contributed by atoms with van der Waals surface area (Å²) >= 11 is 0. The minimum absolute atomic E-state index is 0.0678. The Hall–Kier alpha value is -4.81. The molecule has 2 saturated heterocycles. The molecule has 9 heteroatoms. The Labute approximate surface area is 244 Å². The van der Waals surface area contributed by atoms with Gasteiger partial charge in [-0.05, 0) is 61.7 Å². The number of nitrogens with zero attached hydrogens (tertiary/aromatic N) is 3. The smallest absolute Gasteiger partial charge is 0.254 e. The van der Waals surface area contributed by atoms with Crippen molar-refractivity contribution >= 4 is 22.7 Å². The number of rotatable bonds is 6. The molecule has 2 aromatic carbocycles. The average Bonchev–Trinajstić information content (AvgIpc) is 3.47. The van der Waals surface area contributed by atoms with Gasteiger partial charge in [0, 0.05) is 42.6 Å². The molecule has 2 fully saturated rings. The van der Waals surface area contributed by atoms with E-state index in [2.05, 4.69) is 22.9 Å². The van der Waals surface area contributed by atoms with E-state index in [9.17, 15) is 10.1 Å². The molecule has 1 N–H and O–H groups in total. The quantitative estimate of drug-likeness (QED) is 0.303. The van der Waals surface area contributed by atoms with E-state index in [0.29, 0.717) is 58.2 Å². The van der Waals surface area contributed by atoms with Crippen molar-refractivity contribution < 1.29 is 23.4 Å². The molecule has 0 spiro atoms. The predicted octanol–water partition coefficient (Wildman–Crippen LogP) is 6.01. The fraction of sp³-hybridized carbons (Fsp3) is 0.303. The van der Waals surface area contributed by atoms with Gasteiger partial charge >= 0.3 is 0 Å². The largest absolute Gasteiger partial charge is 0.496 e. The zero-order valence-electron chi connectivity index (χ0n) is 23.7. The van der Waals surface area contributed by atoms with Crippen LogP contribution in [0.5, 0.6) is 5.75 Å². The third kappa shape index (κ3) is 5.29. The monoisotopic (exact) mass is 564 g/mol. The van der Waals surface area contributed by atoms with Gasteiger partial charge in [-0.15, -0.1) is 0 Å². The second-order valence-electron chi connectivity index (χ2n) is 10.6. The highest BCUT2D eigenvalue weighted by atomic mass is 16.5. The number of aromatic nitrogens is 1. The van der Waals surface area contributed by atoms with E-state index in [1.807, 2.05) is 43.3 Å². The van der Waals surface area contributed by atoms with Crippen LogP contribution in [0, 0.1) is 11.3 Å². The number of anilines is 1. The molecule has 4 aromatic rings. The number of nitriles is 1. The molecule has 1 atom stereocenters. The first kappa shape index (κ1) is 27.4. The maximum atomic E-state index is 13.3. The van der Waals surface area contributed by atoms with Crippen LogP contribution in [0.1, 0.15) is 35.7 Å². The number of methoxy groups -OCH3 is 1. The molecular weight excluding hydrogens is 532 g/mol. The fourth-order valence-corrected chi connectivity index (χ4v) is 5.48. The van der Waals surface area contributed by atoms with Crippen LogP contribution in [0.3, 0.4) is 0 Å². The van der Waals surface area contributed by atoms with Crippen LogP contribution < -0.4 is 10.1 Å². The average molecular weight is 565 g/mol. The Morgan fingerprint density at radius 1 is 1.14 bits per heavy atom. The molecule has 214 valence electrons. The molecule has 42 heavy (non-hydrogen) atoms. The van der Waals surface area contributed by atoms with E-state index >= 15 is 0 Å². The highest BCUT2D eigenvalue weighted by Crippen LogP contribution is 2.38. The predicted molar refractivity (Wildman–Crippen MR) is 159 cm³/mol. The number of carbonyl (C=O) groups excluding carboxylic acids is 1. The molecule has 6 rings (SSSR count). The van der Waals surface area contributed by atoms with E-state index in [-0.39, 0.29) is 18.0 Å². The minimum Gasteiger partial charge on any atom is -0.496 e. The van der Waals surface area contributed by atoms with Crippen molar-refractivity contribution in [1.29, 1.82) is 5.26 Å². The second kappa shape index (κ2) is 11.6. The van der Waals surface area contributed by atoms with Crippen LogP contribution in [-0.2, 0) is 9.47 Å². The van der Waals surface area contributed by atoms with Crippen molar-refractivity contribution in [2.45, 2.75) is 31.8 Å². The third-order valence-electron chi connectivity index (χ3n) is 7.83. The Balaban J connectivity index is 1.31. The summed E-state index contributed by atoms with van der Waals surface area (Å²) in [6.07, 6.45) is 3.55. The number of nitrogens with one attached hydrogen (secondary N) is 1. The first-order valence-corrected chi connectivity index (χ1v) is 14.0. The number of hydrogen-bond donors (Lipinski definition) is 1. The molecule has 0 radical (unpaired) electrons. The molecule has 2 aromatic heterocycles. The Morgan fingerprint density at radius 3 is 2.76 bits per heavy atom. The Bertz CT molecular complexity index is 1700. The second-order valence-corrected chi connectivity index (χ2v) is 10.6. The van der Waals surface area contributed by atoms with Crippen molar-refractivity contribution in [3.05, 3.63) is 78.2 Å². The lowest BCUT2D eigenvalue weighted by Gasteiger charge is -2.34. The molecule has 9 nitrogen and oxygen atoms in total. The summed E-state index contributed by atoms with van der Waals surface area (Å²) in [5.74, 6) is 1.53. The molecule has 4 heterocycles. The Kier molecular flexibility index (Phi) is 7.55. The Morgan fingerprint density at radius 2 is 1.98 bits per heavy atom. The minimum atomic E-state index is -0.117. The van der Waals surface area contributed by atoms with Crippen LogP contribution in [0.4, 0.5) is 5.69 Å². The standard InChI is InChI=1S/C33H32N4O5/c1-20-19-41-21(2)18-37(20)33(38)23-4-6-27(30(15-23)39-3)31-16-29-32(42-31)26(8-11-35-29)22-5-7-28(24(14-22)17-34)36-25-9-12-40-13-10-25/h4-8,11,14-16,20,25,36H,2,9-10,12-13,18-19H2,1,3H3. The normalized spacial score (nSPS) is 17.5. The van der Waals surface area contributed by atoms with Gasteiger partial charge in [-0.2, -0.15) is 5.26 Å². The van der Waals surface area contributed by atoms with Gasteiger partial charge in [0.25, 0.3) is 5.91 Å². The summed E-state index contributed by atoms with van der Waals surface area (Å²) in [6, 6.07) is 17.4. The summed E-state index contributed by atoms with van der Waals surface area (Å²) < 4.78 is 23.0. The van der Waals surface area contributed by atoms with Gasteiger partial charge in [-0.1, -0.05) is 12.6 Å². The van der Waals surface area contributed by atoms with Crippen LogP contribution in [0.15, 0.2) is 71.5 Å². The van der Waals surface area contributed by atoms with Gasteiger partial charge in [0.15, 0.2) is 5.58 Å². The fourth-order valence-electron chi connectivity index (χ4n) is 5.48. The van der Waals surface area contributed by atoms with Crippen molar-refractivity contribution in [3.63, 3.8) is 0 Å². The summed E-state index contributed by atoms with van der Waals surface area (Å²) in [5, 5.41) is 13.4. The summed E-state index contributed by atoms with van der Waals surface area (Å²) in [6.45, 7) is 8.03. The molecule has 2 aliphatic rings. The van der Waals surface area contributed by atoms with Crippen molar-refractivity contribution in [3.8, 4) is 34.3 Å². The number of morpholine rings is 1. The lowest BCUT2D eigenvalue weighted by molar-refractivity contribution is 0.0354. The van der Waals surface area contributed by atoms with Gasteiger partial charge in [0.1, 0.15) is 35.5 Å². The van der Waals surface area contributed by atoms with Gasteiger partial charge in [-0.3, -0.25) is 9.78 Å². The first-order chi connectivity index (χ1) is 20.4. The van der Waals surface area contributed by atoms with Crippen molar-refractivity contribution in [2.24, 2.45) is 0 Å². The van der Waals surface area contributed by atoms with Crippen LogP contribution >= 0.6 is 0 Å². The summed E-state index contributed by atoms with van der Waals surface area (Å²) in [4.78, 5) is 19.6. The third-order valence-corrected chi connectivity index (χ3v) is 7.83. The molecule has 0 saturated carbocycles. The summed E-state index contributed by atoms with van der Waals surface area (Å²) in [7, 11) is 1.57. The molecular formula is C33H32N4O5. The highest BCUT2D eigenvalue weighted by molar-refractivity contribution is 5.97. The van der Waals surface area contributed by atoms with Crippen LogP contribution in [0.25, 0.3) is 33.6 Å². The van der Waals surface area contributed by atoms with E-state index < -0.39 is 0 Å². The summed E-state index contributed by atoms with van der Waals surface area (Å²) in [5.41, 5.74) is 5.54. The first-order valence-electron chi connectivity index (χ1n) is 14.0. The van der Waals surface area contributed by atoms with E-state index in [1.165, 1.54) is 0 Å². The maximum Gasteiger partial charge on any atom is 0.254 e. The van der Waals surface area contributed by atoms with E-state index in [1.54, 1.807) is 30.3 Å². The van der Waals surface area contributed by atoms with Crippen molar-refractivity contribution in [2.75, 3.05) is 38.8 Å². The molecule has 1 unspecified atom stereocenters. The van der Waals surface area contributed by atoms with Gasteiger partial charge < -0.3 is 28.8 Å². The molecule has 0 aliphatic carbocycles. The van der Waals surface area contributed by atoms with Crippen LogP contribution in [0.2, 0.25) is 0 Å². The van der Waals surface area contributed by atoms with E-state index in [0.717, 1.165) is 42.9 Å². The van der Waals surface area contributed by atoms with Gasteiger partial charge in [0.2, 0.25) is 0 Å².